The summed E-state index contributed by atoms with van der Waals surface area (Å²) in [6.45, 7) is 7.39. The van der Waals surface area contributed by atoms with E-state index in [1.54, 1.807) is 20.4 Å². The summed E-state index contributed by atoms with van der Waals surface area (Å²) < 4.78 is 5.36. The van der Waals surface area contributed by atoms with E-state index in [9.17, 15) is 4.79 Å². The van der Waals surface area contributed by atoms with Gasteiger partial charge >= 0.3 is 0 Å². The van der Waals surface area contributed by atoms with Crippen molar-refractivity contribution in [3.63, 3.8) is 0 Å². The standard InChI is InChI=1S/C21H28N4O2/c1-15-12-17(4-5-19(15)27-3)13-24-10-7-21(8-11-24)20-18(22-14-23-20)6-9-25(21)16(2)26/h4-5,12,14H,6-11,13H2,1-3H3,(H,22,23). The van der Waals surface area contributed by atoms with Gasteiger partial charge in [0, 0.05) is 45.2 Å². The summed E-state index contributed by atoms with van der Waals surface area (Å²) >= 11 is 0. The lowest BCUT2D eigenvalue weighted by atomic mass is 9.78. The van der Waals surface area contributed by atoms with Gasteiger partial charge < -0.3 is 14.6 Å². The van der Waals surface area contributed by atoms with Crippen molar-refractivity contribution in [2.75, 3.05) is 26.7 Å². The number of H-pyrrole nitrogens is 1. The minimum absolute atomic E-state index is 0.155. The van der Waals surface area contributed by atoms with Gasteiger partial charge in [0.15, 0.2) is 0 Å². The first-order valence-corrected chi connectivity index (χ1v) is 9.70. The molecule has 144 valence electrons. The predicted octanol–water partition coefficient (Wildman–Crippen LogP) is 2.62. The van der Waals surface area contributed by atoms with Crippen LogP contribution in [-0.2, 0) is 23.3 Å². The van der Waals surface area contributed by atoms with Gasteiger partial charge in [0.25, 0.3) is 0 Å². The van der Waals surface area contributed by atoms with E-state index >= 15 is 0 Å². The number of piperidine rings is 1. The third kappa shape index (κ3) is 3.12. The Morgan fingerprint density at radius 2 is 2.07 bits per heavy atom. The number of rotatable bonds is 3. The van der Waals surface area contributed by atoms with Crippen LogP contribution >= 0.6 is 0 Å². The monoisotopic (exact) mass is 368 g/mol. The molecule has 0 radical (unpaired) electrons. The number of aryl methyl sites for hydroxylation is 1. The van der Waals surface area contributed by atoms with E-state index in [4.69, 9.17) is 4.74 Å². The van der Waals surface area contributed by atoms with Crippen molar-refractivity contribution >= 4 is 5.91 Å². The number of aromatic nitrogens is 2. The molecule has 3 heterocycles. The zero-order valence-electron chi connectivity index (χ0n) is 16.4. The fourth-order valence-electron chi connectivity index (χ4n) is 4.82. The predicted molar refractivity (Wildman–Crippen MR) is 104 cm³/mol. The smallest absolute Gasteiger partial charge is 0.220 e. The van der Waals surface area contributed by atoms with Crippen LogP contribution in [0.3, 0.4) is 0 Å². The second kappa shape index (κ2) is 7.00. The van der Waals surface area contributed by atoms with Crippen LogP contribution in [0.25, 0.3) is 0 Å². The van der Waals surface area contributed by atoms with Gasteiger partial charge in [-0.25, -0.2) is 4.98 Å². The number of ether oxygens (including phenoxy) is 1. The number of likely N-dealkylation sites (tertiary alicyclic amines) is 1. The quantitative estimate of drug-likeness (QED) is 0.905. The van der Waals surface area contributed by atoms with Crippen molar-refractivity contribution in [2.24, 2.45) is 0 Å². The molecule has 1 aromatic carbocycles. The van der Waals surface area contributed by atoms with Crippen LogP contribution in [0.1, 0.15) is 42.3 Å². The highest BCUT2D eigenvalue weighted by atomic mass is 16.5. The molecule has 0 aliphatic carbocycles. The van der Waals surface area contributed by atoms with Gasteiger partial charge in [0.05, 0.1) is 24.7 Å². The molecular formula is C21H28N4O2. The number of aromatic amines is 1. The molecule has 2 aliphatic heterocycles. The number of amides is 1. The van der Waals surface area contributed by atoms with Crippen molar-refractivity contribution < 1.29 is 9.53 Å². The van der Waals surface area contributed by atoms with Crippen molar-refractivity contribution in [3.8, 4) is 5.75 Å². The Balaban J connectivity index is 1.51. The lowest BCUT2D eigenvalue weighted by Gasteiger charge is -2.50. The third-order valence-electron chi connectivity index (χ3n) is 6.19. The van der Waals surface area contributed by atoms with Crippen LogP contribution in [0.2, 0.25) is 0 Å². The van der Waals surface area contributed by atoms with Gasteiger partial charge in [-0.2, -0.15) is 0 Å². The number of hydrogen-bond donors (Lipinski definition) is 1. The van der Waals surface area contributed by atoms with Crippen molar-refractivity contribution in [1.82, 2.24) is 19.8 Å². The van der Waals surface area contributed by atoms with Gasteiger partial charge in [0.1, 0.15) is 5.75 Å². The molecule has 1 spiro atoms. The van der Waals surface area contributed by atoms with Crippen LogP contribution in [-0.4, -0.2) is 52.4 Å². The Labute approximate surface area is 160 Å². The Bertz CT molecular complexity index is 836. The van der Waals surface area contributed by atoms with Crippen molar-refractivity contribution in [2.45, 2.75) is 45.2 Å². The van der Waals surface area contributed by atoms with Crippen LogP contribution in [0, 0.1) is 6.92 Å². The molecule has 0 bridgehead atoms. The molecule has 6 nitrogen and oxygen atoms in total. The van der Waals surface area contributed by atoms with Gasteiger partial charge in [-0.15, -0.1) is 0 Å². The topological polar surface area (TPSA) is 61.5 Å². The molecule has 1 amide bonds. The molecule has 0 unspecified atom stereocenters. The molecular weight excluding hydrogens is 340 g/mol. The summed E-state index contributed by atoms with van der Waals surface area (Å²) in [6, 6.07) is 6.40. The highest BCUT2D eigenvalue weighted by Gasteiger charge is 2.47. The number of carbonyl (C=O) groups excluding carboxylic acids is 1. The van der Waals surface area contributed by atoms with Crippen LogP contribution in [0.5, 0.6) is 5.75 Å². The molecule has 1 saturated heterocycles. The molecule has 0 saturated carbocycles. The molecule has 2 aromatic rings. The van der Waals surface area contributed by atoms with Gasteiger partial charge in [-0.05, 0) is 37.0 Å². The SMILES string of the molecule is COc1ccc(CN2CCC3(CC2)c2nc[nH]c2CCN3C(C)=O)cc1C. The normalized spacial score (nSPS) is 19.1. The first-order valence-electron chi connectivity index (χ1n) is 9.70. The van der Waals surface area contributed by atoms with E-state index in [1.807, 2.05) is 6.07 Å². The van der Waals surface area contributed by atoms with E-state index in [1.165, 1.54) is 16.8 Å². The van der Waals surface area contributed by atoms with Crippen LogP contribution in [0.15, 0.2) is 24.5 Å². The summed E-state index contributed by atoms with van der Waals surface area (Å²) in [6.07, 6.45) is 4.51. The zero-order chi connectivity index (χ0) is 19.0. The number of hydrogen-bond acceptors (Lipinski definition) is 4. The first kappa shape index (κ1) is 18.0. The van der Waals surface area contributed by atoms with Crippen LogP contribution < -0.4 is 4.74 Å². The summed E-state index contributed by atoms with van der Waals surface area (Å²) in [5, 5.41) is 0. The molecule has 0 atom stereocenters. The van der Waals surface area contributed by atoms with E-state index in [-0.39, 0.29) is 11.4 Å². The molecule has 1 aromatic heterocycles. The number of imidazole rings is 1. The second-order valence-electron chi connectivity index (χ2n) is 7.76. The Hall–Kier alpha value is -2.34. The fourth-order valence-corrected chi connectivity index (χ4v) is 4.82. The Morgan fingerprint density at radius 3 is 2.74 bits per heavy atom. The number of nitrogens with zero attached hydrogens (tertiary/aromatic N) is 3. The van der Waals surface area contributed by atoms with Crippen molar-refractivity contribution in [1.29, 1.82) is 0 Å². The van der Waals surface area contributed by atoms with Gasteiger partial charge in [-0.3, -0.25) is 9.69 Å². The van der Waals surface area contributed by atoms with E-state index < -0.39 is 0 Å². The average molecular weight is 368 g/mol. The van der Waals surface area contributed by atoms with Gasteiger partial charge in [0.2, 0.25) is 5.91 Å². The maximum atomic E-state index is 12.3. The zero-order valence-corrected chi connectivity index (χ0v) is 16.4. The number of carbonyl (C=O) groups is 1. The summed E-state index contributed by atoms with van der Waals surface area (Å²) in [4.78, 5) is 24.8. The second-order valence-corrected chi connectivity index (χ2v) is 7.76. The van der Waals surface area contributed by atoms with Gasteiger partial charge in [-0.1, -0.05) is 12.1 Å². The number of methoxy groups -OCH3 is 1. The lowest BCUT2D eigenvalue weighted by molar-refractivity contribution is -0.139. The number of fused-ring (bicyclic) bond motifs is 2. The minimum atomic E-state index is -0.244. The maximum absolute atomic E-state index is 12.3. The minimum Gasteiger partial charge on any atom is -0.496 e. The van der Waals surface area contributed by atoms with E-state index in [0.29, 0.717) is 0 Å². The molecule has 1 fully saturated rings. The summed E-state index contributed by atoms with van der Waals surface area (Å²) in [5.41, 5.74) is 4.51. The Kier molecular flexibility index (Phi) is 4.68. The fraction of sp³-hybridized carbons (Fsp3) is 0.524. The lowest BCUT2D eigenvalue weighted by Crippen LogP contribution is -2.57. The van der Waals surface area contributed by atoms with Crippen LogP contribution in [0.4, 0.5) is 0 Å². The third-order valence-corrected chi connectivity index (χ3v) is 6.19. The summed E-state index contributed by atoms with van der Waals surface area (Å²) in [7, 11) is 1.71. The summed E-state index contributed by atoms with van der Waals surface area (Å²) in [5.74, 6) is 1.09. The molecule has 6 heteroatoms. The van der Waals surface area contributed by atoms with E-state index in [0.717, 1.165) is 56.9 Å². The molecule has 27 heavy (non-hydrogen) atoms. The Morgan fingerprint density at radius 1 is 1.30 bits per heavy atom. The molecule has 2 aliphatic rings. The van der Waals surface area contributed by atoms with E-state index in [2.05, 4.69) is 38.8 Å². The molecule has 1 N–H and O–H groups in total. The largest absolute Gasteiger partial charge is 0.496 e. The highest BCUT2D eigenvalue weighted by molar-refractivity contribution is 5.75. The van der Waals surface area contributed by atoms with Crippen molar-refractivity contribution in [3.05, 3.63) is 47.0 Å². The maximum Gasteiger partial charge on any atom is 0.220 e. The first-order chi connectivity index (χ1) is 13.0. The number of nitrogens with one attached hydrogen (secondary N) is 1. The highest BCUT2D eigenvalue weighted by Crippen LogP contribution is 2.42. The average Bonchev–Trinajstić information content (AvgIpc) is 3.14. The molecule has 4 rings (SSSR count). The number of benzene rings is 1.